The van der Waals surface area contributed by atoms with Crippen LogP contribution in [0.25, 0.3) is 0 Å². The third-order valence-corrected chi connectivity index (χ3v) is 2.99. The van der Waals surface area contributed by atoms with E-state index in [1.165, 1.54) is 11.8 Å². The number of thioether (sulfide) groups is 1. The van der Waals surface area contributed by atoms with Gasteiger partial charge in [-0.1, -0.05) is 12.1 Å². The van der Waals surface area contributed by atoms with Gasteiger partial charge in [-0.15, -0.1) is 11.8 Å². The van der Waals surface area contributed by atoms with Gasteiger partial charge in [0, 0.05) is 4.90 Å². The van der Waals surface area contributed by atoms with E-state index in [-0.39, 0.29) is 11.9 Å². The summed E-state index contributed by atoms with van der Waals surface area (Å²) < 4.78 is 28.9. The number of hydrogen-bond donors (Lipinski definition) is 0. The summed E-state index contributed by atoms with van der Waals surface area (Å²) in [5.74, 6) is -0.140. The lowest BCUT2D eigenvalue weighted by molar-refractivity contribution is 0.177. The van der Waals surface area contributed by atoms with E-state index in [1.54, 1.807) is 0 Å². The highest BCUT2D eigenvalue weighted by Gasteiger charge is 2.24. The maximum absolute atomic E-state index is 11.9. The number of alkyl halides is 2. The Labute approximate surface area is 85.5 Å². The molecular formula is C10H10F2OS. The minimum atomic E-state index is -2.24. The van der Waals surface area contributed by atoms with Crippen LogP contribution in [0, 0.1) is 0 Å². The molecule has 1 aliphatic rings. The summed E-state index contributed by atoms with van der Waals surface area (Å²) in [4.78, 5) is 0.884. The van der Waals surface area contributed by atoms with Crippen molar-refractivity contribution >= 4 is 11.8 Å². The van der Waals surface area contributed by atoms with Crippen molar-refractivity contribution in [1.82, 2.24) is 0 Å². The van der Waals surface area contributed by atoms with Gasteiger partial charge in [0.1, 0.15) is 6.10 Å². The minimum Gasteiger partial charge on any atom is -0.368 e. The van der Waals surface area contributed by atoms with Crippen LogP contribution in [0.3, 0.4) is 0 Å². The van der Waals surface area contributed by atoms with Crippen LogP contribution in [0.15, 0.2) is 29.2 Å². The summed E-state index contributed by atoms with van der Waals surface area (Å²) in [5, 5.41) is 0. The highest BCUT2D eigenvalue weighted by molar-refractivity contribution is 7.99. The molecule has 0 radical (unpaired) electrons. The van der Waals surface area contributed by atoms with Gasteiger partial charge in [-0.05, 0) is 17.7 Å². The molecule has 14 heavy (non-hydrogen) atoms. The van der Waals surface area contributed by atoms with Crippen LogP contribution in [-0.2, 0) is 4.74 Å². The molecule has 1 aromatic rings. The van der Waals surface area contributed by atoms with Gasteiger partial charge in [0.15, 0.2) is 0 Å². The van der Waals surface area contributed by atoms with Crippen molar-refractivity contribution in [3.8, 4) is 0 Å². The Morgan fingerprint density at radius 1 is 1.36 bits per heavy atom. The molecule has 1 nitrogen and oxygen atoms in total. The van der Waals surface area contributed by atoms with Crippen LogP contribution in [0.1, 0.15) is 11.7 Å². The second kappa shape index (κ2) is 4.28. The van der Waals surface area contributed by atoms with E-state index in [0.717, 1.165) is 17.1 Å². The molecule has 1 aliphatic heterocycles. The highest BCUT2D eigenvalue weighted by atomic mass is 32.2. The Bertz CT molecular complexity index is 295. The summed E-state index contributed by atoms with van der Waals surface area (Å²) in [6.07, 6.45) is -2.00. The molecule has 0 saturated carbocycles. The number of halogens is 2. The topological polar surface area (TPSA) is 12.5 Å². The molecule has 0 aliphatic carbocycles. The highest BCUT2D eigenvalue weighted by Crippen LogP contribution is 2.31. The predicted molar refractivity (Wildman–Crippen MR) is 51.9 cm³/mol. The maximum Gasteiger partial charge on any atom is 0.247 e. The lowest BCUT2D eigenvalue weighted by Gasteiger charge is -2.01. The SMILES string of the molecule is FC(F)CSc1ccc([C@H]2CO2)cc1. The van der Waals surface area contributed by atoms with Crippen LogP contribution in [0.5, 0.6) is 0 Å². The number of rotatable bonds is 4. The summed E-state index contributed by atoms with van der Waals surface area (Å²) in [6, 6.07) is 7.60. The third-order valence-electron chi connectivity index (χ3n) is 1.96. The smallest absolute Gasteiger partial charge is 0.247 e. The van der Waals surface area contributed by atoms with Crippen molar-refractivity contribution in [2.75, 3.05) is 12.4 Å². The first-order valence-electron chi connectivity index (χ1n) is 4.38. The summed E-state index contributed by atoms with van der Waals surface area (Å²) in [5.41, 5.74) is 1.13. The standard InChI is InChI=1S/C10H10F2OS/c11-10(12)6-14-8-3-1-7(2-4-8)9-5-13-9/h1-4,9-10H,5-6H2/t9-/m1/s1. The Hall–Kier alpha value is -0.610. The van der Waals surface area contributed by atoms with Crippen LogP contribution in [0.2, 0.25) is 0 Å². The fraction of sp³-hybridized carbons (Fsp3) is 0.400. The third kappa shape index (κ3) is 2.69. The number of hydrogen-bond acceptors (Lipinski definition) is 2. The molecule has 76 valence electrons. The average molecular weight is 216 g/mol. The van der Waals surface area contributed by atoms with Crippen LogP contribution in [-0.4, -0.2) is 18.8 Å². The average Bonchev–Trinajstić information content (AvgIpc) is 2.99. The quantitative estimate of drug-likeness (QED) is 0.566. The van der Waals surface area contributed by atoms with Gasteiger partial charge >= 0.3 is 0 Å². The molecule has 1 fully saturated rings. The van der Waals surface area contributed by atoms with Crippen molar-refractivity contribution in [2.24, 2.45) is 0 Å². The first-order chi connectivity index (χ1) is 6.75. The van der Waals surface area contributed by atoms with E-state index in [0.29, 0.717) is 0 Å². The summed E-state index contributed by atoms with van der Waals surface area (Å²) in [7, 11) is 0. The van der Waals surface area contributed by atoms with Gasteiger partial charge < -0.3 is 4.74 Å². The van der Waals surface area contributed by atoms with E-state index in [2.05, 4.69) is 0 Å². The minimum absolute atomic E-state index is 0.140. The molecule has 1 saturated heterocycles. The Morgan fingerprint density at radius 3 is 2.50 bits per heavy atom. The molecule has 0 spiro atoms. The van der Waals surface area contributed by atoms with Crippen molar-refractivity contribution in [2.45, 2.75) is 17.4 Å². The van der Waals surface area contributed by atoms with E-state index in [1.807, 2.05) is 24.3 Å². The van der Waals surface area contributed by atoms with Gasteiger partial charge in [-0.3, -0.25) is 0 Å². The first kappa shape index (κ1) is 9.93. The molecule has 0 bridgehead atoms. The monoisotopic (exact) mass is 216 g/mol. The van der Waals surface area contributed by atoms with Gasteiger partial charge in [0.05, 0.1) is 12.4 Å². The molecule has 1 heterocycles. The van der Waals surface area contributed by atoms with Crippen LogP contribution < -0.4 is 0 Å². The molecule has 0 amide bonds. The molecule has 0 N–H and O–H groups in total. The molecular weight excluding hydrogens is 206 g/mol. The van der Waals surface area contributed by atoms with Crippen molar-refractivity contribution in [3.63, 3.8) is 0 Å². The Kier molecular flexibility index (Phi) is 3.03. The normalized spacial score (nSPS) is 20.1. The fourth-order valence-electron chi connectivity index (χ4n) is 1.18. The van der Waals surface area contributed by atoms with Gasteiger partial charge in [-0.25, -0.2) is 8.78 Å². The van der Waals surface area contributed by atoms with E-state index < -0.39 is 6.43 Å². The summed E-state index contributed by atoms with van der Waals surface area (Å²) >= 11 is 1.18. The fourth-order valence-corrected chi connectivity index (χ4v) is 1.83. The zero-order valence-corrected chi connectivity index (χ0v) is 8.27. The van der Waals surface area contributed by atoms with Crippen molar-refractivity contribution < 1.29 is 13.5 Å². The molecule has 1 aromatic carbocycles. The molecule has 1 atom stereocenters. The largest absolute Gasteiger partial charge is 0.368 e. The molecule has 4 heteroatoms. The lowest BCUT2D eigenvalue weighted by Crippen LogP contribution is -1.93. The first-order valence-corrected chi connectivity index (χ1v) is 5.37. The molecule has 0 aromatic heterocycles. The summed E-state index contributed by atoms with van der Waals surface area (Å²) in [6.45, 7) is 0.781. The van der Waals surface area contributed by atoms with Crippen molar-refractivity contribution in [3.05, 3.63) is 29.8 Å². The van der Waals surface area contributed by atoms with Gasteiger partial charge in [-0.2, -0.15) is 0 Å². The number of ether oxygens (including phenoxy) is 1. The second-order valence-electron chi connectivity index (χ2n) is 3.09. The zero-order valence-electron chi connectivity index (χ0n) is 7.45. The van der Waals surface area contributed by atoms with Crippen molar-refractivity contribution in [1.29, 1.82) is 0 Å². The predicted octanol–water partition coefficient (Wildman–Crippen LogP) is 3.12. The second-order valence-corrected chi connectivity index (χ2v) is 4.19. The van der Waals surface area contributed by atoms with E-state index in [9.17, 15) is 8.78 Å². The lowest BCUT2D eigenvalue weighted by atomic mass is 10.2. The van der Waals surface area contributed by atoms with E-state index >= 15 is 0 Å². The molecule has 0 unspecified atom stereocenters. The zero-order chi connectivity index (χ0) is 9.97. The maximum atomic E-state index is 11.9. The number of epoxide rings is 1. The van der Waals surface area contributed by atoms with Gasteiger partial charge in [0.25, 0.3) is 0 Å². The Balaban J connectivity index is 1.92. The van der Waals surface area contributed by atoms with Gasteiger partial charge in [0.2, 0.25) is 6.43 Å². The number of benzene rings is 1. The van der Waals surface area contributed by atoms with Crippen LogP contribution in [0.4, 0.5) is 8.78 Å². The Morgan fingerprint density at radius 2 is 2.00 bits per heavy atom. The van der Waals surface area contributed by atoms with Crippen LogP contribution >= 0.6 is 11.8 Å². The van der Waals surface area contributed by atoms with E-state index in [4.69, 9.17) is 4.74 Å². The molecule has 2 rings (SSSR count).